The molecule has 0 N–H and O–H groups in total. The molecule has 0 bridgehead atoms. The number of para-hydroxylation sites is 1. The van der Waals surface area contributed by atoms with Crippen LogP contribution in [0.3, 0.4) is 0 Å². The SMILES string of the molecule is O=PCc1ccccc1OC(F)(F)F. The average molecular weight is 222 g/mol. The Labute approximate surface area is 79.9 Å². The molecule has 0 aromatic heterocycles. The Bertz CT molecular complexity index is 325. The van der Waals surface area contributed by atoms with Gasteiger partial charge in [0.1, 0.15) is 5.75 Å². The smallest absolute Gasteiger partial charge is 0.405 e. The predicted molar refractivity (Wildman–Crippen MR) is 44.4 cm³/mol. The van der Waals surface area contributed by atoms with Gasteiger partial charge in [0.25, 0.3) is 0 Å². The zero-order chi connectivity index (χ0) is 10.6. The molecule has 6 heteroatoms. The maximum Gasteiger partial charge on any atom is 0.573 e. The average Bonchev–Trinajstić information content (AvgIpc) is 2.06. The van der Waals surface area contributed by atoms with Crippen LogP contribution in [0.15, 0.2) is 24.3 Å². The second-order valence-corrected chi connectivity index (χ2v) is 3.02. The first-order valence-corrected chi connectivity index (χ1v) is 4.65. The summed E-state index contributed by atoms with van der Waals surface area (Å²) in [5, 5.41) is 0. The van der Waals surface area contributed by atoms with Gasteiger partial charge < -0.3 is 4.74 Å². The molecule has 0 atom stereocenters. The van der Waals surface area contributed by atoms with Crippen molar-refractivity contribution in [1.82, 2.24) is 0 Å². The molecule has 0 aliphatic rings. The largest absolute Gasteiger partial charge is 0.573 e. The van der Waals surface area contributed by atoms with E-state index in [4.69, 9.17) is 0 Å². The lowest BCUT2D eigenvalue weighted by Gasteiger charge is -2.11. The summed E-state index contributed by atoms with van der Waals surface area (Å²) in [6.45, 7) is 0. The summed E-state index contributed by atoms with van der Waals surface area (Å²) < 4.78 is 49.6. The predicted octanol–water partition coefficient (Wildman–Crippen LogP) is 3.38. The fourth-order valence-electron chi connectivity index (χ4n) is 0.928. The van der Waals surface area contributed by atoms with Gasteiger partial charge in [0.05, 0.1) is 6.16 Å². The molecule has 0 saturated heterocycles. The molecule has 1 rings (SSSR count). The summed E-state index contributed by atoms with van der Waals surface area (Å²) in [4.78, 5) is 0. The molecule has 1 aromatic carbocycles. The minimum Gasteiger partial charge on any atom is -0.405 e. The highest BCUT2D eigenvalue weighted by atomic mass is 31.1. The molecule has 2 nitrogen and oxygen atoms in total. The van der Waals surface area contributed by atoms with Crippen LogP contribution in [0.1, 0.15) is 5.56 Å². The van der Waals surface area contributed by atoms with E-state index in [9.17, 15) is 17.7 Å². The fraction of sp³-hybridized carbons (Fsp3) is 0.250. The van der Waals surface area contributed by atoms with Crippen LogP contribution in [0.25, 0.3) is 0 Å². The van der Waals surface area contributed by atoms with E-state index >= 15 is 0 Å². The lowest BCUT2D eigenvalue weighted by atomic mass is 10.2. The van der Waals surface area contributed by atoms with Crippen LogP contribution in [-0.4, -0.2) is 6.36 Å². The Morgan fingerprint density at radius 1 is 1.29 bits per heavy atom. The van der Waals surface area contributed by atoms with Crippen molar-refractivity contribution in [1.29, 1.82) is 0 Å². The number of hydrogen-bond donors (Lipinski definition) is 0. The van der Waals surface area contributed by atoms with Crippen molar-refractivity contribution in [2.24, 2.45) is 0 Å². The van der Waals surface area contributed by atoms with Gasteiger partial charge in [-0.15, -0.1) is 13.2 Å². The first kappa shape index (κ1) is 11.0. The highest BCUT2D eigenvalue weighted by Gasteiger charge is 2.31. The topological polar surface area (TPSA) is 26.3 Å². The minimum absolute atomic E-state index is 0.00620. The maximum atomic E-state index is 11.9. The van der Waals surface area contributed by atoms with E-state index in [0.717, 1.165) is 0 Å². The monoisotopic (exact) mass is 222 g/mol. The molecule has 1 aromatic rings. The van der Waals surface area contributed by atoms with Gasteiger partial charge in [0, 0.05) is 5.56 Å². The molecule has 0 unspecified atom stereocenters. The summed E-state index contributed by atoms with van der Waals surface area (Å²) in [7, 11) is -0.241. The molecule has 0 radical (unpaired) electrons. The van der Waals surface area contributed by atoms with Gasteiger partial charge in [-0.1, -0.05) is 18.2 Å². The number of ether oxygens (including phenoxy) is 1. The van der Waals surface area contributed by atoms with Crippen molar-refractivity contribution in [2.75, 3.05) is 0 Å². The summed E-state index contributed by atoms with van der Waals surface area (Å²) in [5.41, 5.74) is 0.265. The molecule has 0 saturated carbocycles. The molecule has 0 aliphatic carbocycles. The van der Waals surface area contributed by atoms with Gasteiger partial charge in [-0.25, -0.2) is 0 Å². The molecule has 76 valence electrons. The van der Waals surface area contributed by atoms with Gasteiger partial charge in [-0.3, -0.25) is 4.57 Å². The van der Waals surface area contributed by atoms with Crippen LogP contribution in [0.2, 0.25) is 0 Å². The van der Waals surface area contributed by atoms with E-state index in [1.54, 1.807) is 6.07 Å². The Balaban J connectivity index is 2.89. The number of rotatable bonds is 3. The molecule has 0 fully saturated rings. The van der Waals surface area contributed by atoms with Crippen LogP contribution in [-0.2, 0) is 10.7 Å². The molecular formula is C8H6F3O2P. The third kappa shape index (κ3) is 3.34. The fourth-order valence-corrected chi connectivity index (χ4v) is 1.33. The molecule has 0 aliphatic heterocycles. The molecule has 14 heavy (non-hydrogen) atoms. The molecule has 0 heterocycles. The molecule has 0 spiro atoms. The molecular weight excluding hydrogens is 216 g/mol. The van der Waals surface area contributed by atoms with Gasteiger partial charge in [-0.05, 0) is 6.07 Å². The van der Waals surface area contributed by atoms with E-state index in [2.05, 4.69) is 4.74 Å². The second kappa shape index (κ2) is 4.42. The summed E-state index contributed by atoms with van der Waals surface area (Å²) in [5.74, 6) is -0.302. The van der Waals surface area contributed by atoms with Gasteiger partial charge >= 0.3 is 6.36 Å². The first-order chi connectivity index (χ1) is 6.53. The highest BCUT2D eigenvalue weighted by molar-refractivity contribution is 7.22. The van der Waals surface area contributed by atoms with Gasteiger partial charge in [0.15, 0.2) is 8.46 Å². The standard InChI is InChI=1S/C8H6F3O2P/c9-8(10,11)13-7-4-2-1-3-6(7)5-14-12/h1-4H,5H2. The van der Waals surface area contributed by atoms with E-state index in [0.29, 0.717) is 0 Å². The summed E-state index contributed by atoms with van der Waals surface area (Å²) in [6, 6.07) is 5.61. The second-order valence-electron chi connectivity index (χ2n) is 2.44. The Morgan fingerprint density at radius 2 is 1.93 bits per heavy atom. The van der Waals surface area contributed by atoms with Crippen molar-refractivity contribution >= 4 is 8.46 Å². The van der Waals surface area contributed by atoms with E-state index < -0.39 is 6.36 Å². The third-order valence-corrected chi connectivity index (χ3v) is 1.90. The van der Waals surface area contributed by atoms with Crippen LogP contribution >= 0.6 is 8.46 Å². The first-order valence-electron chi connectivity index (χ1n) is 3.65. The number of hydrogen-bond acceptors (Lipinski definition) is 2. The van der Waals surface area contributed by atoms with Crippen molar-refractivity contribution in [2.45, 2.75) is 12.5 Å². The van der Waals surface area contributed by atoms with Crippen LogP contribution in [0.5, 0.6) is 5.75 Å². The maximum absolute atomic E-state index is 11.9. The van der Waals surface area contributed by atoms with Gasteiger partial charge in [-0.2, -0.15) is 0 Å². The van der Waals surface area contributed by atoms with Crippen molar-refractivity contribution in [3.63, 3.8) is 0 Å². The summed E-state index contributed by atoms with van der Waals surface area (Å²) >= 11 is 0. The van der Waals surface area contributed by atoms with Crippen molar-refractivity contribution in [3.8, 4) is 5.75 Å². The normalized spacial score (nSPS) is 11.6. The van der Waals surface area contributed by atoms with Crippen molar-refractivity contribution < 1.29 is 22.5 Å². The number of halogens is 3. The Morgan fingerprint density at radius 3 is 2.50 bits per heavy atom. The minimum atomic E-state index is -4.71. The summed E-state index contributed by atoms with van der Waals surface area (Å²) in [6.07, 6.45) is -4.71. The van der Waals surface area contributed by atoms with Crippen LogP contribution in [0, 0.1) is 0 Å². The zero-order valence-corrected chi connectivity index (χ0v) is 7.81. The van der Waals surface area contributed by atoms with E-state index in [1.165, 1.54) is 18.2 Å². The molecule has 0 amide bonds. The Kier molecular flexibility index (Phi) is 3.47. The van der Waals surface area contributed by atoms with Crippen LogP contribution < -0.4 is 4.74 Å². The zero-order valence-electron chi connectivity index (χ0n) is 6.91. The van der Waals surface area contributed by atoms with E-state index in [-0.39, 0.29) is 25.9 Å². The third-order valence-electron chi connectivity index (χ3n) is 1.43. The van der Waals surface area contributed by atoms with Crippen LogP contribution in [0.4, 0.5) is 13.2 Å². The lowest BCUT2D eigenvalue weighted by molar-refractivity contribution is -0.274. The quantitative estimate of drug-likeness (QED) is 0.732. The number of alkyl halides is 3. The Hall–Kier alpha value is -1.09. The lowest BCUT2D eigenvalue weighted by Crippen LogP contribution is -2.17. The van der Waals surface area contributed by atoms with Gasteiger partial charge in [0.2, 0.25) is 0 Å². The number of benzene rings is 1. The van der Waals surface area contributed by atoms with Crippen molar-refractivity contribution in [3.05, 3.63) is 29.8 Å². The van der Waals surface area contributed by atoms with E-state index in [1.807, 2.05) is 0 Å². The highest BCUT2D eigenvalue weighted by Crippen LogP contribution is 2.28.